The summed E-state index contributed by atoms with van der Waals surface area (Å²) in [7, 11) is 0. The van der Waals surface area contributed by atoms with Gasteiger partial charge in [0, 0.05) is 22.5 Å². The molecule has 1 aromatic heterocycles. The molecule has 0 aliphatic carbocycles. The van der Waals surface area contributed by atoms with Crippen molar-refractivity contribution in [2.75, 3.05) is 6.54 Å². The van der Waals surface area contributed by atoms with Gasteiger partial charge in [-0.05, 0) is 49.9 Å². The Bertz CT molecular complexity index is 665. The topological polar surface area (TPSA) is 62.7 Å². The minimum Gasteiger partial charge on any atom is -0.313 e. The van der Waals surface area contributed by atoms with Crippen LogP contribution in [0.1, 0.15) is 32.4 Å². The normalized spacial score (nSPS) is 11.3. The molecule has 0 unspecified atom stereocenters. The van der Waals surface area contributed by atoms with Crippen LogP contribution in [-0.4, -0.2) is 21.3 Å². The molecule has 0 saturated heterocycles. The van der Waals surface area contributed by atoms with Gasteiger partial charge in [0.15, 0.2) is 5.16 Å². The summed E-state index contributed by atoms with van der Waals surface area (Å²) in [5, 5.41) is 11.3. The van der Waals surface area contributed by atoms with Gasteiger partial charge < -0.3 is 5.32 Å². The first-order valence-electron chi connectivity index (χ1n) is 6.87. The average Bonchev–Trinajstić information content (AvgIpc) is 2.79. The Balaban J connectivity index is 2.36. The smallest absolute Gasteiger partial charge is 0.313 e. The Hall–Kier alpha value is -1.24. The van der Waals surface area contributed by atoms with Gasteiger partial charge in [-0.2, -0.15) is 0 Å². The first-order valence-corrected chi connectivity index (χ1v) is 8.06. The largest absolute Gasteiger partial charge is 0.344 e. The van der Waals surface area contributed by atoms with Crippen LogP contribution in [0.5, 0.6) is 0 Å². The fraction of sp³-hybridized carbons (Fsp3) is 0.429. The van der Waals surface area contributed by atoms with E-state index in [2.05, 4.69) is 15.5 Å². The fourth-order valence-corrected chi connectivity index (χ4v) is 3.40. The van der Waals surface area contributed by atoms with E-state index in [9.17, 15) is 4.79 Å². The zero-order chi connectivity index (χ0) is 15.4. The lowest BCUT2D eigenvalue weighted by Gasteiger charge is -2.13. The molecule has 0 spiro atoms. The highest BCUT2D eigenvalue weighted by atomic mass is 35.5. The van der Waals surface area contributed by atoms with Crippen molar-refractivity contribution in [2.24, 2.45) is 0 Å². The Morgan fingerprint density at radius 2 is 2.24 bits per heavy atom. The number of benzene rings is 1. The first kappa shape index (κ1) is 16.1. The number of aromatic amines is 1. The van der Waals surface area contributed by atoms with Crippen LogP contribution in [-0.2, 0) is 6.54 Å². The van der Waals surface area contributed by atoms with Crippen LogP contribution in [0.15, 0.2) is 33.0 Å². The molecular weight excluding hydrogens is 308 g/mol. The van der Waals surface area contributed by atoms with Crippen LogP contribution in [0.25, 0.3) is 0 Å². The Morgan fingerprint density at radius 1 is 1.48 bits per heavy atom. The highest BCUT2D eigenvalue weighted by Gasteiger charge is 2.15. The number of hydrogen-bond acceptors (Lipinski definition) is 4. The van der Waals surface area contributed by atoms with Crippen LogP contribution in [0.3, 0.4) is 0 Å². The lowest BCUT2D eigenvalue weighted by Crippen LogP contribution is -2.19. The minimum atomic E-state index is -0.192. The molecule has 2 rings (SSSR count). The molecule has 0 amide bonds. The van der Waals surface area contributed by atoms with E-state index in [0.29, 0.717) is 11.7 Å². The second-order valence-corrected chi connectivity index (χ2v) is 6.29. The SMILES string of the molecule is CCNCc1c(Cl)cccc1Sc1n[nH]c(=O)n1C(C)C. The summed E-state index contributed by atoms with van der Waals surface area (Å²) in [6, 6.07) is 5.82. The van der Waals surface area contributed by atoms with Crippen molar-refractivity contribution in [3.63, 3.8) is 0 Å². The molecule has 1 aromatic carbocycles. The summed E-state index contributed by atoms with van der Waals surface area (Å²) in [6.45, 7) is 7.52. The molecule has 2 aromatic rings. The zero-order valence-corrected chi connectivity index (χ0v) is 13.9. The second-order valence-electron chi connectivity index (χ2n) is 4.87. The van der Waals surface area contributed by atoms with Gasteiger partial charge in [-0.1, -0.05) is 24.6 Å². The Morgan fingerprint density at radius 3 is 2.90 bits per heavy atom. The van der Waals surface area contributed by atoms with Gasteiger partial charge in [0.2, 0.25) is 0 Å². The van der Waals surface area contributed by atoms with E-state index in [1.54, 1.807) is 4.57 Å². The van der Waals surface area contributed by atoms with E-state index in [1.807, 2.05) is 39.0 Å². The highest BCUT2D eigenvalue weighted by Crippen LogP contribution is 2.33. The van der Waals surface area contributed by atoms with E-state index < -0.39 is 0 Å². The van der Waals surface area contributed by atoms with E-state index in [-0.39, 0.29) is 11.7 Å². The minimum absolute atomic E-state index is 0.0511. The number of nitrogens with one attached hydrogen (secondary N) is 2. The molecule has 0 radical (unpaired) electrons. The van der Waals surface area contributed by atoms with E-state index in [0.717, 1.165) is 22.0 Å². The van der Waals surface area contributed by atoms with Crippen molar-refractivity contribution in [3.8, 4) is 0 Å². The van der Waals surface area contributed by atoms with E-state index in [4.69, 9.17) is 11.6 Å². The van der Waals surface area contributed by atoms with Gasteiger partial charge >= 0.3 is 5.69 Å². The molecule has 0 atom stereocenters. The molecule has 1 heterocycles. The Labute approximate surface area is 133 Å². The van der Waals surface area contributed by atoms with Gasteiger partial charge in [0.25, 0.3) is 0 Å². The van der Waals surface area contributed by atoms with Crippen molar-refractivity contribution < 1.29 is 0 Å². The first-order chi connectivity index (χ1) is 10.0. The molecule has 114 valence electrons. The predicted octanol–water partition coefficient (Wildman–Crippen LogP) is 3.07. The van der Waals surface area contributed by atoms with Gasteiger partial charge in [-0.15, -0.1) is 5.10 Å². The summed E-state index contributed by atoms with van der Waals surface area (Å²) in [6.07, 6.45) is 0. The fourth-order valence-electron chi connectivity index (χ4n) is 1.97. The van der Waals surface area contributed by atoms with Gasteiger partial charge in [0.1, 0.15) is 0 Å². The van der Waals surface area contributed by atoms with Gasteiger partial charge in [-0.25, -0.2) is 9.89 Å². The van der Waals surface area contributed by atoms with Crippen LogP contribution >= 0.6 is 23.4 Å². The standard InChI is InChI=1S/C14H19ClN4OS/c1-4-16-8-10-11(15)6-5-7-12(10)21-14-18-17-13(20)19(14)9(2)3/h5-7,9,16H,4,8H2,1-3H3,(H,17,20). The van der Waals surface area contributed by atoms with Crippen LogP contribution in [0, 0.1) is 0 Å². The summed E-state index contributed by atoms with van der Waals surface area (Å²) < 4.78 is 1.64. The van der Waals surface area contributed by atoms with Crippen LogP contribution in [0.2, 0.25) is 5.02 Å². The highest BCUT2D eigenvalue weighted by molar-refractivity contribution is 7.99. The number of H-pyrrole nitrogens is 1. The molecular formula is C14H19ClN4OS. The molecule has 7 heteroatoms. The van der Waals surface area contributed by atoms with Gasteiger partial charge in [0.05, 0.1) is 0 Å². The molecule has 21 heavy (non-hydrogen) atoms. The third-order valence-corrected chi connectivity index (χ3v) is 4.44. The van der Waals surface area contributed by atoms with Crippen molar-refractivity contribution in [1.29, 1.82) is 0 Å². The average molecular weight is 327 g/mol. The lowest BCUT2D eigenvalue weighted by atomic mass is 10.2. The monoisotopic (exact) mass is 326 g/mol. The quantitative estimate of drug-likeness (QED) is 0.856. The number of aromatic nitrogens is 3. The van der Waals surface area contributed by atoms with Crippen molar-refractivity contribution >= 4 is 23.4 Å². The second kappa shape index (κ2) is 7.15. The van der Waals surface area contributed by atoms with E-state index in [1.165, 1.54) is 11.8 Å². The molecule has 5 nitrogen and oxygen atoms in total. The van der Waals surface area contributed by atoms with E-state index >= 15 is 0 Å². The zero-order valence-electron chi connectivity index (χ0n) is 12.3. The predicted molar refractivity (Wildman–Crippen MR) is 86.2 cm³/mol. The maximum atomic E-state index is 11.8. The number of nitrogens with zero attached hydrogens (tertiary/aromatic N) is 2. The van der Waals surface area contributed by atoms with Crippen molar-refractivity contribution in [2.45, 2.75) is 43.4 Å². The molecule has 2 N–H and O–H groups in total. The molecule has 0 fully saturated rings. The van der Waals surface area contributed by atoms with Crippen LogP contribution in [0.4, 0.5) is 0 Å². The number of halogens is 1. The number of rotatable bonds is 6. The Kier molecular flexibility index (Phi) is 5.50. The molecule has 0 bridgehead atoms. The van der Waals surface area contributed by atoms with Crippen LogP contribution < -0.4 is 11.0 Å². The number of hydrogen-bond donors (Lipinski definition) is 2. The lowest BCUT2D eigenvalue weighted by molar-refractivity contribution is 0.534. The molecule has 0 saturated carbocycles. The van der Waals surface area contributed by atoms with Crippen molar-refractivity contribution in [3.05, 3.63) is 39.3 Å². The van der Waals surface area contributed by atoms with Gasteiger partial charge in [-0.3, -0.25) is 4.57 Å². The molecule has 0 aliphatic rings. The summed E-state index contributed by atoms with van der Waals surface area (Å²) >= 11 is 7.74. The van der Waals surface area contributed by atoms with Crippen molar-refractivity contribution in [1.82, 2.24) is 20.1 Å². The summed E-state index contributed by atoms with van der Waals surface area (Å²) in [4.78, 5) is 12.8. The third kappa shape index (κ3) is 3.70. The summed E-state index contributed by atoms with van der Waals surface area (Å²) in [5.74, 6) is 0. The third-order valence-electron chi connectivity index (χ3n) is 3.02. The maximum absolute atomic E-state index is 11.8. The molecule has 0 aliphatic heterocycles. The maximum Gasteiger partial charge on any atom is 0.344 e. The summed E-state index contributed by atoms with van der Waals surface area (Å²) in [5.41, 5.74) is 0.833.